The average Bonchev–Trinajstić information content (AvgIpc) is 2.50. The summed E-state index contributed by atoms with van der Waals surface area (Å²) < 4.78 is 41.9. The van der Waals surface area contributed by atoms with Gasteiger partial charge in [0.2, 0.25) is 5.91 Å². The number of fused-ring (bicyclic) bond motifs is 1. The molecule has 1 heterocycles. The zero-order valence-electron chi connectivity index (χ0n) is 13.6. The van der Waals surface area contributed by atoms with Crippen LogP contribution in [0.1, 0.15) is 24.8 Å². The van der Waals surface area contributed by atoms with Crippen LogP contribution in [0.25, 0.3) is 5.70 Å². The Morgan fingerprint density at radius 3 is 2.80 bits per heavy atom. The van der Waals surface area contributed by atoms with Gasteiger partial charge in [-0.2, -0.15) is 13.2 Å². The van der Waals surface area contributed by atoms with Gasteiger partial charge in [0, 0.05) is 30.6 Å². The lowest BCUT2D eigenvalue weighted by atomic mass is 9.99. The van der Waals surface area contributed by atoms with Crippen molar-refractivity contribution in [3.63, 3.8) is 0 Å². The Balaban J connectivity index is 2.04. The van der Waals surface area contributed by atoms with E-state index in [1.165, 1.54) is 5.01 Å². The van der Waals surface area contributed by atoms with E-state index in [1.807, 2.05) is 0 Å². The number of alkyl halides is 3. The monoisotopic (exact) mass is 377 g/mol. The molecular formula is C16H19ClF3N3O2. The first-order chi connectivity index (χ1) is 11.7. The lowest BCUT2D eigenvalue weighted by Crippen LogP contribution is -2.30. The van der Waals surface area contributed by atoms with E-state index in [9.17, 15) is 18.0 Å². The van der Waals surface area contributed by atoms with Crippen LogP contribution in [-0.2, 0) is 4.79 Å². The molecule has 1 aliphatic heterocycles. The minimum absolute atomic E-state index is 0.0454. The molecule has 138 valence electrons. The van der Waals surface area contributed by atoms with Crippen molar-refractivity contribution in [2.45, 2.75) is 25.4 Å². The van der Waals surface area contributed by atoms with E-state index in [0.29, 0.717) is 22.9 Å². The molecule has 0 aromatic heterocycles. The van der Waals surface area contributed by atoms with Crippen molar-refractivity contribution in [2.24, 2.45) is 5.84 Å². The van der Waals surface area contributed by atoms with E-state index < -0.39 is 25.0 Å². The van der Waals surface area contributed by atoms with Crippen LogP contribution in [0, 0.1) is 0 Å². The molecule has 0 bridgehead atoms. The number of nitrogens with zero attached hydrogens (tertiary/aromatic N) is 1. The quantitative estimate of drug-likeness (QED) is 0.590. The fourth-order valence-electron chi connectivity index (χ4n) is 2.56. The molecule has 5 nitrogen and oxygen atoms in total. The molecule has 2 rings (SSSR count). The molecule has 0 saturated carbocycles. The van der Waals surface area contributed by atoms with Crippen molar-refractivity contribution in [3.05, 3.63) is 34.4 Å². The number of carbonyl (C=O) groups is 1. The van der Waals surface area contributed by atoms with Crippen LogP contribution in [0.15, 0.2) is 23.8 Å². The summed E-state index contributed by atoms with van der Waals surface area (Å²) in [5, 5.41) is 4.21. The molecule has 0 radical (unpaired) electrons. The number of ether oxygens (including phenoxy) is 1. The highest BCUT2D eigenvalue weighted by atomic mass is 35.5. The van der Waals surface area contributed by atoms with Gasteiger partial charge in [0.15, 0.2) is 0 Å². The number of hydrogen-bond acceptors (Lipinski definition) is 4. The smallest absolute Gasteiger partial charge is 0.390 e. The van der Waals surface area contributed by atoms with Crippen LogP contribution in [0.5, 0.6) is 5.75 Å². The predicted octanol–water partition coefficient (Wildman–Crippen LogP) is 3.10. The number of carbonyl (C=O) groups excluding carboxylic acids is 1. The third-order valence-corrected chi connectivity index (χ3v) is 3.91. The van der Waals surface area contributed by atoms with Crippen molar-refractivity contribution >= 4 is 23.2 Å². The molecule has 9 heteroatoms. The van der Waals surface area contributed by atoms with Crippen molar-refractivity contribution < 1.29 is 22.7 Å². The maximum atomic E-state index is 12.1. The summed E-state index contributed by atoms with van der Waals surface area (Å²) in [6.07, 6.45) is -4.97. The maximum Gasteiger partial charge on any atom is 0.390 e. The number of nitrogens with one attached hydrogen (secondary N) is 1. The van der Waals surface area contributed by atoms with E-state index in [-0.39, 0.29) is 13.0 Å². The number of hydrazine groups is 1. The van der Waals surface area contributed by atoms with Crippen LogP contribution in [0.4, 0.5) is 13.2 Å². The molecule has 1 aromatic rings. The molecule has 1 amide bonds. The summed E-state index contributed by atoms with van der Waals surface area (Å²) in [6, 6.07) is 5.16. The second kappa shape index (κ2) is 7.97. The number of rotatable bonds is 6. The highest BCUT2D eigenvalue weighted by molar-refractivity contribution is 6.30. The standard InChI is InChI=1S/C16H19ClF3N3O2/c1-23(21)15-10(2-5-14(24)22-7-6-16(18,19)20)9-25-13-4-3-11(17)8-12(13)15/h3-4,8H,2,5-7,9,21H2,1H3,(H,22,24). The second-order valence-corrected chi connectivity index (χ2v) is 6.14. The van der Waals surface area contributed by atoms with Crippen molar-refractivity contribution in [3.8, 4) is 5.75 Å². The van der Waals surface area contributed by atoms with Crippen molar-refractivity contribution in [1.29, 1.82) is 0 Å². The number of halogens is 4. The molecule has 25 heavy (non-hydrogen) atoms. The number of benzene rings is 1. The lowest BCUT2D eigenvalue weighted by molar-refractivity contribution is -0.135. The first-order valence-electron chi connectivity index (χ1n) is 7.64. The fraction of sp³-hybridized carbons (Fsp3) is 0.438. The molecule has 0 aliphatic carbocycles. The van der Waals surface area contributed by atoms with Gasteiger partial charge < -0.3 is 15.1 Å². The van der Waals surface area contributed by atoms with Crippen LogP contribution in [0.2, 0.25) is 5.02 Å². The van der Waals surface area contributed by atoms with Crippen molar-refractivity contribution in [2.75, 3.05) is 20.2 Å². The molecule has 0 spiro atoms. The van der Waals surface area contributed by atoms with Crippen LogP contribution in [0.3, 0.4) is 0 Å². The van der Waals surface area contributed by atoms with Crippen LogP contribution in [-0.4, -0.2) is 37.3 Å². The Bertz CT molecular complexity index is 675. The zero-order chi connectivity index (χ0) is 18.6. The van der Waals surface area contributed by atoms with Crippen LogP contribution >= 0.6 is 11.6 Å². The van der Waals surface area contributed by atoms with Gasteiger partial charge in [-0.15, -0.1) is 0 Å². The SMILES string of the molecule is CN(N)C1=C(CCC(=O)NCCC(F)(F)F)COc2ccc(Cl)cc21. The Hall–Kier alpha value is -1.93. The van der Waals surface area contributed by atoms with Gasteiger partial charge in [-0.3, -0.25) is 4.79 Å². The van der Waals surface area contributed by atoms with Gasteiger partial charge in [-0.25, -0.2) is 5.84 Å². The van der Waals surface area contributed by atoms with Gasteiger partial charge in [-0.05, 0) is 30.2 Å². The molecule has 0 atom stereocenters. The molecule has 0 fully saturated rings. The topological polar surface area (TPSA) is 67.6 Å². The van der Waals surface area contributed by atoms with E-state index in [1.54, 1.807) is 25.2 Å². The second-order valence-electron chi connectivity index (χ2n) is 5.71. The third-order valence-electron chi connectivity index (χ3n) is 3.67. The summed E-state index contributed by atoms with van der Waals surface area (Å²) >= 11 is 6.02. The molecule has 1 aromatic carbocycles. The predicted molar refractivity (Wildman–Crippen MR) is 88.7 cm³/mol. The first kappa shape index (κ1) is 19.4. The first-order valence-corrected chi connectivity index (χ1v) is 8.02. The minimum atomic E-state index is -4.29. The van der Waals surface area contributed by atoms with Gasteiger partial charge >= 0.3 is 6.18 Å². The third kappa shape index (κ3) is 5.54. The number of hydrogen-bond donors (Lipinski definition) is 2. The summed E-state index contributed by atoms with van der Waals surface area (Å²) in [6.45, 7) is -0.179. The van der Waals surface area contributed by atoms with E-state index >= 15 is 0 Å². The summed E-state index contributed by atoms with van der Waals surface area (Å²) in [4.78, 5) is 11.7. The Kier molecular flexibility index (Phi) is 6.18. The van der Waals surface area contributed by atoms with E-state index in [4.69, 9.17) is 22.2 Å². The van der Waals surface area contributed by atoms with E-state index in [2.05, 4.69) is 5.32 Å². The fourth-order valence-corrected chi connectivity index (χ4v) is 2.74. The molecule has 0 unspecified atom stereocenters. The van der Waals surface area contributed by atoms with Crippen LogP contribution < -0.4 is 15.9 Å². The number of amides is 1. The summed E-state index contributed by atoms with van der Waals surface area (Å²) in [7, 11) is 1.66. The lowest BCUT2D eigenvalue weighted by Gasteiger charge is -2.28. The summed E-state index contributed by atoms with van der Waals surface area (Å²) in [5.41, 5.74) is 2.20. The van der Waals surface area contributed by atoms with E-state index in [0.717, 1.165) is 11.1 Å². The zero-order valence-corrected chi connectivity index (χ0v) is 14.4. The Morgan fingerprint density at radius 1 is 1.44 bits per heavy atom. The summed E-state index contributed by atoms with van der Waals surface area (Å²) in [5.74, 6) is 6.09. The molecule has 0 saturated heterocycles. The van der Waals surface area contributed by atoms with Gasteiger partial charge in [-0.1, -0.05) is 11.6 Å². The Morgan fingerprint density at radius 2 is 2.16 bits per heavy atom. The highest BCUT2D eigenvalue weighted by Crippen LogP contribution is 2.36. The minimum Gasteiger partial charge on any atom is -0.488 e. The van der Waals surface area contributed by atoms with Gasteiger partial charge in [0.05, 0.1) is 12.1 Å². The maximum absolute atomic E-state index is 12.1. The number of nitrogens with two attached hydrogens (primary N) is 1. The average molecular weight is 378 g/mol. The highest BCUT2D eigenvalue weighted by Gasteiger charge is 2.27. The van der Waals surface area contributed by atoms with Gasteiger partial charge in [0.1, 0.15) is 12.4 Å². The Labute approximate surface area is 148 Å². The molecule has 1 aliphatic rings. The normalized spacial score (nSPS) is 14.0. The molecule has 3 N–H and O–H groups in total. The molecular weight excluding hydrogens is 359 g/mol. The van der Waals surface area contributed by atoms with Gasteiger partial charge in [0.25, 0.3) is 0 Å². The largest absolute Gasteiger partial charge is 0.488 e. The van der Waals surface area contributed by atoms with Crippen molar-refractivity contribution in [1.82, 2.24) is 10.3 Å².